The summed E-state index contributed by atoms with van der Waals surface area (Å²) in [6, 6.07) is 3.28. The number of rotatable bonds is 8. The maximum absolute atomic E-state index is 15.3. The summed E-state index contributed by atoms with van der Waals surface area (Å²) in [6.07, 6.45) is 3.83. The molecule has 30 heavy (non-hydrogen) atoms. The number of nitrogens with zero attached hydrogens (tertiary/aromatic N) is 1. The number of carbonyl (C=O) groups is 3. The number of nitrogens with one attached hydrogen (secondary N) is 1. The summed E-state index contributed by atoms with van der Waals surface area (Å²) < 4.78 is 15.3. The van der Waals surface area contributed by atoms with Crippen LogP contribution in [0.25, 0.3) is 0 Å². The van der Waals surface area contributed by atoms with E-state index in [1.807, 2.05) is 6.92 Å². The minimum absolute atomic E-state index is 0.0187. The molecule has 1 heterocycles. The molecular weight excluding hydrogens is 387 g/mol. The Kier molecular flexibility index (Phi) is 5.11. The molecule has 1 aromatic rings. The third kappa shape index (κ3) is 3.70. The molecule has 2 amide bonds. The molecule has 0 aromatic heterocycles. The number of aliphatic carboxylic acids is 1. The van der Waals surface area contributed by atoms with E-state index in [1.54, 1.807) is 26.0 Å². The van der Waals surface area contributed by atoms with Crippen molar-refractivity contribution < 1.29 is 23.9 Å². The van der Waals surface area contributed by atoms with Gasteiger partial charge < -0.3 is 15.3 Å². The molecular formula is C23H29FN2O4. The van der Waals surface area contributed by atoms with Gasteiger partial charge in [0.25, 0.3) is 0 Å². The van der Waals surface area contributed by atoms with Crippen LogP contribution in [0, 0.1) is 17.7 Å². The van der Waals surface area contributed by atoms with Gasteiger partial charge in [-0.3, -0.25) is 14.4 Å². The van der Waals surface area contributed by atoms with Crippen LogP contribution in [0.2, 0.25) is 0 Å². The van der Waals surface area contributed by atoms with Crippen LogP contribution in [0.15, 0.2) is 12.1 Å². The average Bonchev–Trinajstić information content (AvgIpc) is 3.55. The highest BCUT2D eigenvalue weighted by atomic mass is 19.1. The first-order valence-electron chi connectivity index (χ1n) is 10.8. The molecule has 6 nitrogen and oxygen atoms in total. The molecule has 2 atom stereocenters. The van der Waals surface area contributed by atoms with Crippen molar-refractivity contribution in [1.82, 2.24) is 5.32 Å². The minimum Gasteiger partial charge on any atom is -0.481 e. The lowest BCUT2D eigenvalue weighted by atomic mass is 9.84. The van der Waals surface area contributed by atoms with Crippen LogP contribution in [-0.4, -0.2) is 35.5 Å². The second-order valence-corrected chi connectivity index (χ2v) is 9.66. The molecule has 1 aliphatic heterocycles. The largest absolute Gasteiger partial charge is 0.481 e. The van der Waals surface area contributed by atoms with Crippen LogP contribution in [0.5, 0.6) is 0 Å². The zero-order chi connectivity index (χ0) is 21.8. The Morgan fingerprint density at radius 1 is 1.27 bits per heavy atom. The summed E-state index contributed by atoms with van der Waals surface area (Å²) >= 11 is 0. The highest BCUT2D eigenvalue weighted by molar-refractivity contribution is 6.10. The Hall–Kier alpha value is -2.44. The molecule has 0 radical (unpaired) electrons. The Morgan fingerprint density at radius 3 is 2.50 bits per heavy atom. The van der Waals surface area contributed by atoms with Crippen molar-refractivity contribution in [3.8, 4) is 0 Å². The topological polar surface area (TPSA) is 86.7 Å². The number of carbonyl (C=O) groups excluding carboxylic acids is 2. The van der Waals surface area contributed by atoms with E-state index in [0.717, 1.165) is 25.7 Å². The van der Waals surface area contributed by atoms with Crippen molar-refractivity contribution >= 4 is 23.5 Å². The van der Waals surface area contributed by atoms with E-state index in [4.69, 9.17) is 5.11 Å². The van der Waals surface area contributed by atoms with Gasteiger partial charge in [0.2, 0.25) is 11.8 Å². The maximum Gasteiger partial charge on any atom is 0.303 e. The predicted octanol–water partition coefficient (Wildman–Crippen LogP) is 3.33. The second kappa shape index (κ2) is 7.36. The number of hydrogen-bond acceptors (Lipinski definition) is 3. The van der Waals surface area contributed by atoms with E-state index >= 15 is 4.39 Å². The number of carboxylic acid groups (broad SMARTS) is 1. The quantitative estimate of drug-likeness (QED) is 0.681. The summed E-state index contributed by atoms with van der Waals surface area (Å²) in [4.78, 5) is 38.4. The van der Waals surface area contributed by atoms with Gasteiger partial charge >= 0.3 is 5.97 Å². The molecule has 0 saturated heterocycles. The van der Waals surface area contributed by atoms with Gasteiger partial charge in [0.05, 0.1) is 11.1 Å². The van der Waals surface area contributed by atoms with Gasteiger partial charge in [-0.25, -0.2) is 4.39 Å². The molecule has 0 spiro atoms. The highest BCUT2D eigenvalue weighted by Gasteiger charge is 2.48. The number of hydrogen-bond donors (Lipinski definition) is 2. The monoisotopic (exact) mass is 416 g/mol. The van der Waals surface area contributed by atoms with Gasteiger partial charge in [0, 0.05) is 18.0 Å². The van der Waals surface area contributed by atoms with Crippen LogP contribution in [0.3, 0.4) is 0 Å². The molecule has 162 valence electrons. The average molecular weight is 416 g/mol. The summed E-state index contributed by atoms with van der Waals surface area (Å²) in [5.41, 5.74) is 0.473. The third-order valence-electron chi connectivity index (χ3n) is 6.73. The normalized spacial score (nSPS) is 21.9. The van der Waals surface area contributed by atoms with Gasteiger partial charge in [-0.1, -0.05) is 13.0 Å². The van der Waals surface area contributed by atoms with E-state index in [-0.39, 0.29) is 54.4 Å². The van der Waals surface area contributed by atoms with E-state index < -0.39 is 11.4 Å². The number of fused-ring (bicyclic) bond motifs is 1. The van der Waals surface area contributed by atoms with Crippen molar-refractivity contribution in [3.63, 3.8) is 0 Å². The molecule has 3 aliphatic rings. The standard InChI is InChI=1S/C23H29FN2O4/c1-12(10-18(28)29)21(14-6-7-14)25-17(27)11-26-16-9-8-15(13-4-5-13)20(24)19(16)23(2,3)22(26)30/h8-9,12-14,21H,4-7,10-11H2,1-3H3,(H,25,27)(H,28,29)/t12-,21+/m1/s1. The number of halogens is 1. The van der Waals surface area contributed by atoms with Crippen LogP contribution < -0.4 is 10.2 Å². The molecule has 2 fully saturated rings. The fourth-order valence-corrected chi connectivity index (χ4v) is 4.78. The van der Waals surface area contributed by atoms with Crippen molar-refractivity contribution in [1.29, 1.82) is 0 Å². The first-order chi connectivity index (χ1) is 14.1. The molecule has 2 N–H and O–H groups in total. The third-order valence-corrected chi connectivity index (χ3v) is 6.73. The van der Waals surface area contributed by atoms with Gasteiger partial charge in [-0.2, -0.15) is 0 Å². The lowest BCUT2D eigenvalue weighted by Gasteiger charge is -2.26. The van der Waals surface area contributed by atoms with E-state index in [9.17, 15) is 14.4 Å². The van der Waals surface area contributed by atoms with Gasteiger partial charge in [0.15, 0.2) is 0 Å². The summed E-state index contributed by atoms with van der Waals surface area (Å²) in [5.74, 6) is -1.53. The molecule has 7 heteroatoms. The smallest absolute Gasteiger partial charge is 0.303 e. The van der Waals surface area contributed by atoms with E-state index in [1.165, 1.54) is 4.90 Å². The Labute approximate surface area is 175 Å². The van der Waals surface area contributed by atoms with Gasteiger partial charge in [0.1, 0.15) is 12.4 Å². The molecule has 0 unspecified atom stereocenters. The molecule has 0 bridgehead atoms. The van der Waals surface area contributed by atoms with Crippen LogP contribution >= 0.6 is 0 Å². The van der Waals surface area contributed by atoms with Crippen molar-refractivity contribution in [2.75, 3.05) is 11.4 Å². The van der Waals surface area contributed by atoms with Crippen LogP contribution in [0.1, 0.15) is 69.9 Å². The SMILES string of the molecule is C[C@H](CC(=O)O)[C@H](NC(=O)CN1C(=O)C(C)(C)c2c1ccc(C1CC1)c2F)C1CC1. The molecule has 2 saturated carbocycles. The fourth-order valence-electron chi connectivity index (χ4n) is 4.78. The zero-order valence-electron chi connectivity index (χ0n) is 17.7. The first kappa shape index (κ1) is 20.8. The van der Waals surface area contributed by atoms with Gasteiger partial charge in [-0.15, -0.1) is 0 Å². The number of amides is 2. The predicted molar refractivity (Wildman–Crippen MR) is 110 cm³/mol. The van der Waals surface area contributed by atoms with Crippen LogP contribution in [0.4, 0.5) is 10.1 Å². The fraction of sp³-hybridized carbons (Fsp3) is 0.609. The van der Waals surface area contributed by atoms with Gasteiger partial charge in [-0.05, 0) is 68.9 Å². The number of carboxylic acids is 1. The maximum atomic E-state index is 15.3. The zero-order valence-corrected chi connectivity index (χ0v) is 17.7. The summed E-state index contributed by atoms with van der Waals surface area (Å²) in [6.45, 7) is 5.04. The highest BCUT2D eigenvalue weighted by Crippen LogP contribution is 2.48. The Morgan fingerprint density at radius 2 is 1.93 bits per heavy atom. The number of anilines is 1. The Balaban J connectivity index is 1.53. The van der Waals surface area contributed by atoms with Crippen molar-refractivity contribution in [2.24, 2.45) is 11.8 Å². The second-order valence-electron chi connectivity index (χ2n) is 9.66. The van der Waals surface area contributed by atoms with Crippen molar-refractivity contribution in [2.45, 2.75) is 70.3 Å². The molecule has 1 aromatic carbocycles. The first-order valence-corrected chi connectivity index (χ1v) is 10.8. The van der Waals surface area contributed by atoms with E-state index in [0.29, 0.717) is 16.8 Å². The molecule has 4 rings (SSSR count). The Bertz CT molecular complexity index is 905. The minimum atomic E-state index is -1.03. The number of benzene rings is 1. The van der Waals surface area contributed by atoms with Crippen LogP contribution in [-0.2, 0) is 19.8 Å². The summed E-state index contributed by atoms with van der Waals surface area (Å²) in [5, 5.41) is 12.0. The van der Waals surface area contributed by atoms with E-state index in [2.05, 4.69) is 5.32 Å². The lowest BCUT2D eigenvalue weighted by molar-refractivity contribution is -0.138. The van der Waals surface area contributed by atoms with Crippen molar-refractivity contribution in [3.05, 3.63) is 29.1 Å². The molecule has 2 aliphatic carbocycles. The lowest BCUT2D eigenvalue weighted by Crippen LogP contribution is -2.48. The summed E-state index contributed by atoms with van der Waals surface area (Å²) in [7, 11) is 0.